The van der Waals surface area contributed by atoms with Gasteiger partial charge in [0.15, 0.2) is 0 Å². The summed E-state index contributed by atoms with van der Waals surface area (Å²) in [4.78, 5) is 0. The van der Waals surface area contributed by atoms with Crippen molar-refractivity contribution in [2.75, 3.05) is 7.11 Å². The molecule has 0 aliphatic carbocycles. The summed E-state index contributed by atoms with van der Waals surface area (Å²) in [7, 11) is 1.61. The molecular weight excluding hydrogens is 234 g/mol. The molecule has 0 aliphatic heterocycles. The zero-order chi connectivity index (χ0) is 13.7. The fraction of sp³-hybridized carbons (Fsp3) is 0.118. The van der Waals surface area contributed by atoms with Crippen molar-refractivity contribution in [3.63, 3.8) is 0 Å². The Bertz CT molecular complexity index is 633. The van der Waals surface area contributed by atoms with Crippen molar-refractivity contribution in [2.45, 2.75) is 6.92 Å². The summed E-state index contributed by atoms with van der Waals surface area (Å²) in [6.07, 6.45) is 1.87. The largest absolute Gasteiger partial charge is 0.496 e. The maximum Gasteiger partial charge on any atom is 0.127 e. The Balaban J connectivity index is 2.45. The molecule has 0 radical (unpaired) electrons. The molecule has 0 unspecified atom stereocenters. The number of nitriles is 1. The predicted octanol–water partition coefficient (Wildman–Crippen LogP) is 4.07. The third-order valence-corrected chi connectivity index (χ3v) is 2.91. The molecule has 2 heteroatoms. The summed E-state index contributed by atoms with van der Waals surface area (Å²) in [5.74, 6) is 0.711. The van der Waals surface area contributed by atoms with E-state index in [2.05, 4.69) is 6.07 Å². The lowest BCUT2D eigenvalue weighted by Gasteiger charge is -2.06. The first-order valence-electron chi connectivity index (χ1n) is 6.06. The summed E-state index contributed by atoms with van der Waals surface area (Å²) in [6, 6.07) is 17.8. The number of para-hydroxylation sites is 1. The third kappa shape index (κ3) is 3.02. The molecule has 0 atom stereocenters. The minimum Gasteiger partial charge on any atom is -0.496 e. The van der Waals surface area contributed by atoms with Gasteiger partial charge in [0.05, 0.1) is 18.8 Å². The smallest absolute Gasteiger partial charge is 0.127 e. The van der Waals surface area contributed by atoms with Gasteiger partial charge in [-0.3, -0.25) is 0 Å². The monoisotopic (exact) mass is 249 g/mol. The highest BCUT2D eigenvalue weighted by Crippen LogP contribution is 2.26. The Hall–Kier alpha value is -2.53. The lowest BCUT2D eigenvalue weighted by molar-refractivity contribution is 0.413. The highest BCUT2D eigenvalue weighted by Gasteiger charge is 2.07. The molecule has 0 fully saturated rings. The summed E-state index contributed by atoms with van der Waals surface area (Å²) >= 11 is 0. The number of aryl methyl sites for hydroxylation is 1. The second-order valence-corrected chi connectivity index (χ2v) is 4.28. The van der Waals surface area contributed by atoms with Gasteiger partial charge in [-0.05, 0) is 30.7 Å². The Kier molecular flexibility index (Phi) is 4.00. The maximum absolute atomic E-state index is 9.34. The number of ether oxygens (including phenoxy) is 1. The third-order valence-electron chi connectivity index (χ3n) is 2.91. The van der Waals surface area contributed by atoms with Crippen molar-refractivity contribution in [2.24, 2.45) is 0 Å². The van der Waals surface area contributed by atoms with Gasteiger partial charge in [-0.1, -0.05) is 42.0 Å². The van der Waals surface area contributed by atoms with Crippen LogP contribution in [0.4, 0.5) is 0 Å². The van der Waals surface area contributed by atoms with Gasteiger partial charge in [0, 0.05) is 5.56 Å². The first-order valence-corrected chi connectivity index (χ1v) is 6.06. The minimum atomic E-state index is 0.598. The van der Waals surface area contributed by atoms with Crippen LogP contribution in [0.1, 0.15) is 16.7 Å². The van der Waals surface area contributed by atoms with Crippen LogP contribution in [-0.2, 0) is 0 Å². The van der Waals surface area contributed by atoms with Gasteiger partial charge in [0.2, 0.25) is 0 Å². The van der Waals surface area contributed by atoms with E-state index in [9.17, 15) is 5.26 Å². The minimum absolute atomic E-state index is 0.598. The standard InChI is InChI=1S/C17H15NO/c1-13-7-9-14(10-8-13)11-15(12-18)16-5-3-4-6-17(16)19-2/h3-11H,1-2H3. The number of nitrogens with zero attached hydrogens (tertiary/aromatic N) is 1. The number of rotatable bonds is 3. The highest BCUT2D eigenvalue weighted by atomic mass is 16.5. The predicted molar refractivity (Wildman–Crippen MR) is 77.7 cm³/mol. The molecule has 19 heavy (non-hydrogen) atoms. The SMILES string of the molecule is COc1ccccc1C(C#N)=Cc1ccc(C)cc1. The Morgan fingerprint density at radius 1 is 1.11 bits per heavy atom. The van der Waals surface area contributed by atoms with Crippen LogP contribution in [0.2, 0.25) is 0 Å². The molecule has 0 heterocycles. The maximum atomic E-state index is 9.34. The number of benzene rings is 2. The Labute approximate surface area is 113 Å². The van der Waals surface area contributed by atoms with E-state index in [0.717, 1.165) is 11.1 Å². The van der Waals surface area contributed by atoms with Gasteiger partial charge in [-0.15, -0.1) is 0 Å². The van der Waals surface area contributed by atoms with Crippen LogP contribution < -0.4 is 4.74 Å². The van der Waals surface area contributed by atoms with E-state index in [4.69, 9.17) is 4.74 Å². The summed E-state index contributed by atoms with van der Waals surface area (Å²) < 4.78 is 5.29. The highest BCUT2D eigenvalue weighted by molar-refractivity contribution is 5.91. The van der Waals surface area contributed by atoms with Crippen LogP contribution in [0.5, 0.6) is 5.75 Å². The van der Waals surface area contributed by atoms with E-state index in [0.29, 0.717) is 11.3 Å². The van der Waals surface area contributed by atoms with E-state index in [-0.39, 0.29) is 0 Å². The zero-order valence-corrected chi connectivity index (χ0v) is 11.1. The molecule has 0 saturated heterocycles. The fourth-order valence-corrected chi connectivity index (χ4v) is 1.87. The van der Waals surface area contributed by atoms with Crippen molar-refractivity contribution in [3.8, 4) is 11.8 Å². The van der Waals surface area contributed by atoms with Crippen molar-refractivity contribution in [1.29, 1.82) is 5.26 Å². The van der Waals surface area contributed by atoms with Crippen LogP contribution in [0.3, 0.4) is 0 Å². The number of hydrogen-bond donors (Lipinski definition) is 0. The van der Waals surface area contributed by atoms with Gasteiger partial charge in [-0.25, -0.2) is 0 Å². The Morgan fingerprint density at radius 3 is 2.42 bits per heavy atom. The van der Waals surface area contributed by atoms with E-state index >= 15 is 0 Å². The normalized spacial score (nSPS) is 10.9. The van der Waals surface area contributed by atoms with E-state index in [1.54, 1.807) is 7.11 Å². The number of hydrogen-bond acceptors (Lipinski definition) is 2. The molecule has 2 rings (SSSR count). The van der Waals surface area contributed by atoms with E-state index < -0.39 is 0 Å². The molecule has 0 N–H and O–H groups in total. The van der Waals surface area contributed by atoms with Gasteiger partial charge < -0.3 is 4.74 Å². The van der Waals surface area contributed by atoms with Crippen molar-refractivity contribution < 1.29 is 4.74 Å². The number of allylic oxidation sites excluding steroid dienone is 1. The molecule has 0 aliphatic rings. The zero-order valence-electron chi connectivity index (χ0n) is 11.1. The van der Waals surface area contributed by atoms with Crippen LogP contribution >= 0.6 is 0 Å². The molecule has 0 saturated carbocycles. The second-order valence-electron chi connectivity index (χ2n) is 4.28. The molecule has 2 aromatic carbocycles. The molecule has 2 nitrogen and oxygen atoms in total. The van der Waals surface area contributed by atoms with Crippen LogP contribution in [0.15, 0.2) is 48.5 Å². The average molecular weight is 249 g/mol. The topological polar surface area (TPSA) is 33.0 Å². The van der Waals surface area contributed by atoms with E-state index in [1.165, 1.54) is 5.56 Å². The van der Waals surface area contributed by atoms with Crippen LogP contribution in [-0.4, -0.2) is 7.11 Å². The molecule has 94 valence electrons. The average Bonchev–Trinajstić information content (AvgIpc) is 2.46. The van der Waals surface area contributed by atoms with Crippen molar-refractivity contribution >= 4 is 11.6 Å². The number of methoxy groups -OCH3 is 1. The Morgan fingerprint density at radius 2 is 1.79 bits per heavy atom. The van der Waals surface area contributed by atoms with Gasteiger partial charge in [0.1, 0.15) is 5.75 Å². The van der Waals surface area contributed by atoms with E-state index in [1.807, 2.05) is 61.5 Å². The fourth-order valence-electron chi connectivity index (χ4n) is 1.87. The molecular formula is C17H15NO. The molecule has 2 aromatic rings. The summed E-state index contributed by atoms with van der Waals surface area (Å²) in [5, 5.41) is 9.34. The van der Waals surface area contributed by atoms with Crippen LogP contribution in [0.25, 0.3) is 11.6 Å². The molecule has 0 amide bonds. The first kappa shape index (κ1) is 12.9. The van der Waals surface area contributed by atoms with Gasteiger partial charge >= 0.3 is 0 Å². The molecule has 0 aromatic heterocycles. The van der Waals surface area contributed by atoms with Gasteiger partial charge in [-0.2, -0.15) is 5.26 Å². The molecule has 0 bridgehead atoms. The van der Waals surface area contributed by atoms with Crippen LogP contribution in [0, 0.1) is 18.3 Å². The lowest BCUT2D eigenvalue weighted by Crippen LogP contribution is -1.90. The van der Waals surface area contributed by atoms with Gasteiger partial charge in [0.25, 0.3) is 0 Å². The molecule has 0 spiro atoms. The lowest BCUT2D eigenvalue weighted by atomic mass is 10.0. The van der Waals surface area contributed by atoms with Crippen molar-refractivity contribution in [1.82, 2.24) is 0 Å². The second kappa shape index (κ2) is 5.88. The summed E-state index contributed by atoms with van der Waals surface area (Å²) in [6.45, 7) is 2.04. The summed E-state index contributed by atoms with van der Waals surface area (Å²) in [5.41, 5.74) is 3.62. The first-order chi connectivity index (χ1) is 9.24. The quantitative estimate of drug-likeness (QED) is 0.607. The van der Waals surface area contributed by atoms with Crippen molar-refractivity contribution in [3.05, 3.63) is 65.2 Å².